The second kappa shape index (κ2) is 4.60. The smallest absolute Gasteiger partial charge is 0.269 e. The van der Waals surface area contributed by atoms with Crippen LogP contribution in [0.4, 0.5) is 11.4 Å². The van der Waals surface area contributed by atoms with Crippen LogP contribution in [0.1, 0.15) is 0 Å². The predicted molar refractivity (Wildman–Crippen MR) is 77.3 cm³/mol. The molecular weight excluding hydrogens is 264 g/mol. The van der Waals surface area contributed by atoms with Crippen LogP contribution in [0.25, 0.3) is 0 Å². The Kier molecular flexibility index (Phi) is 3.25. The third kappa shape index (κ3) is 2.42. The molecule has 1 heterocycles. The first kappa shape index (κ1) is 13.4. The fraction of sp³-hybridized carbons (Fsp3) is 0.250. The number of nitro groups is 1. The van der Waals surface area contributed by atoms with E-state index in [0.29, 0.717) is 4.59 Å². The lowest BCUT2D eigenvalue weighted by atomic mass is 10.3. The van der Waals surface area contributed by atoms with Gasteiger partial charge in [-0.2, -0.15) is 4.59 Å². The Morgan fingerprint density at radius 2 is 1.89 bits per heavy atom. The van der Waals surface area contributed by atoms with E-state index in [1.807, 2.05) is 32.2 Å². The van der Waals surface area contributed by atoms with Crippen LogP contribution in [0, 0.1) is 10.1 Å². The molecule has 0 saturated carbocycles. The van der Waals surface area contributed by atoms with Crippen molar-refractivity contribution in [3.05, 3.63) is 46.3 Å². The lowest BCUT2D eigenvalue weighted by Gasteiger charge is -2.33. The summed E-state index contributed by atoms with van der Waals surface area (Å²) >= 11 is 5.24. The molecule has 0 spiro atoms. The van der Waals surface area contributed by atoms with E-state index in [1.54, 1.807) is 12.1 Å². The van der Waals surface area contributed by atoms with Gasteiger partial charge in [0.15, 0.2) is 4.99 Å². The van der Waals surface area contributed by atoms with Crippen molar-refractivity contribution < 1.29 is 9.52 Å². The van der Waals surface area contributed by atoms with E-state index in [1.165, 1.54) is 12.1 Å². The number of quaternary nitrogens is 1. The maximum Gasteiger partial charge on any atom is 0.269 e. The Balaban J connectivity index is 2.20. The molecule has 0 amide bonds. The summed E-state index contributed by atoms with van der Waals surface area (Å²) in [5.41, 5.74) is 0.869. The average molecular weight is 279 g/mol. The number of nitro benzene ring substituents is 1. The number of thiocarbonyl (C=S) groups is 1. The lowest BCUT2D eigenvalue weighted by Crippen LogP contribution is -2.50. The summed E-state index contributed by atoms with van der Waals surface area (Å²) in [4.78, 5) is 10.9. The van der Waals surface area contributed by atoms with E-state index in [0.717, 1.165) is 16.5 Å². The molecule has 0 bridgehead atoms. The molecule has 100 valence electrons. The van der Waals surface area contributed by atoms with E-state index in [4.69, 9.17) is 12.2 Å². The van der Waals surface area contributed by atoms with Crippen LogP contribution in [-0.2, 0) is 0 Å². The summed E-state index contributed by atoms with van der Waals surface area (Å²) in [6.07, 6.45) is 1.89. The Bertz CT molecular complexity index is 566. The summed E-state index contributed by atoms with van der Waals surface area (Å²) in [5.74, 6) is 0.918. The molecule has 6 nitrogen and oxygen atoms in total. The zero-order valence-electron chi connectivity index (χ0n) is 11.0. The minimum Gasteiger partial charge on any atom is -0.309 e. The predicted octanol–water partition coefficient (Wildman–Crippen LogP) is 2.11. The van der Waals surface area contributed by atoms with Crippen molar-refractivity contribution in [2.24, 2.45) is 0 Å². The molecule has 0 radical (unpaired) electrons. The largest absolute Gasteiger partial charge is 0.309 e. The molecule has 1 aliphatic heterocycles. The zero-order valence-corrected chi connectivity index (χ0v) is 11.8. The molecule has 0 fully saturated rings. The highest BCUT2D eigenvalue weighted by molar-refractivity contribution is 7.80. The second-order valence-corrected chi connectivity index (χ2v) is 5.13. The van der Waals surface area contributed by atoms with Crippen molar-refractivity contribution in [3.63, 3.8) is 0 Å². The molecule has 1 N–H and O–H groups in total. The molecule has 1 aromatic carbocycles. The fourth-order valence-corrected chi connectivity index (χ4v) is 2.08. The minimum atomic E-state index is -0.415. The number of anilines is 1. The third-order valence-corrected chi connectivity index (χ3v) is 3.65. The Morgan fingerprint density at radius 3 is 2.32 bits per heavy atom. The van der Waals surface area contributed by atoms with Crippen molar-refractivity contribution in [3.8, 4) is 0 Å². The van der Waals surface area contributed by atoms with Crippen molar-refractivity contribution in [1.29, 1.82) is 0 Å². The second-order valence-electron chi connectivity index (χ2n) is 4.71. The Morgan fingerprint density at radius 1 is 1.32 bits per heavy atom. The van der Waals surface area contributed by atoms with Gasteiger partial charge in [0.25, 0.3) is 5.69 Å². The number of rotatable bonds is 3. The lowest BCUT2D eigenvalue weighted by molar-refractivity contribution is -0.946. The first-order valence-corrected chi connectivity index (χ1v) is 6.09. The summed E-state index contributed by atoms with van der Waals surface area (Å²) in [6, 6.07) is 6.31. The first-order valence-electron chi connectivity index (χ1n) is 5.68. The van der Waals surface area contributed by atoms with Crippen LogP contribution in [-0.4, -0.2) is 40.7 Å². The van der Waals surface area contributed by atoms with Gasteiger partial charge in [-0.15, -0.1) is 0 Å². The number of benzene rings is 1. The van der Waals surface area contributed by atoms with Crippen LogP contribution < -0.4 is 5.32 Å². The van der Waals surface area contributed by atoms with E-state index in [9.17, 15) is 10.1 Å². The molecule has 7 heteroatoms. The van der Waals surface area contributed by atoms with Gasteiger partial charge in [0.1, 0.15) is 0 Å². The molecule has 2 rings (SSSR count). The number of hydrogen-bond donors (Lipinski definition) is 1. The normalized spacial score (nSPS) is 17.3. The van der Waals surface area contributed by atoms with Crippen molar-refractivity contribution >= 4 is 28.6 Å². The van der Waals surface area contributed by atoms with Gasteiger partial charge < -0.3 is 5.32 Å². The Labute approximate surface area is 116 Å². The molecule has 0 atom stereocenters. The topological polar surface area (TPSA) is 58.4 Å². The van der Waals surface area contributed by atoms with Crippen molar-refractivity contribution in [1.82, 2.24) is 5.01 Å². The number of nitrogens with zero attached hydrogens (tertiary/aromatic N) is 3. The maximum atomic E-state index is 10.6. The Hall–Kier alpha value is -1.99. The van der Waals surface area contributed by atoms with Crippen LogP contribution in [0.2, 0.25) is 0 Å². The van der Waals surface area contributed by atoms with Gasteiger partial charge in [-0.05, 0) is 12.1 Å². The standard InChI is InChI=1S/C12H14N4O2S/c1-14-12(19)8-11(16(14,2)3)13-9-4-6-10(7-5-9)15(17)18/h4-8H,1-3H3/p+1. The highest BCUT2D eigenvalue weighted by Crippen LogP contribution is 2.25. The fourth-order valence-electron chi connectivity index (χ4n) is 1.76. The van der Waals surface area contributed by atoms with E-state index in [-0.39, 0.29) is 5.69 Å². The van der Waals surface area contributed by atoms with Crippen LogP contribution >= 0.6 is 12.2 Å². The SMILES string of the molecule is CN1C(=S)C=C(Nc2ccc([N+](=O)[O-])cc2)[N+]1(C)C. The van der Waals surface area contributed by atoms with Crippen molar-refractivity contribution in [2.45, 2.75) is 0 Å². The summed E-state index contributed by atoms with van der Waals surface area (Å²) < 4.78 is 0.482. The highest BCUT2D eigenvalue weighted by atomic mass is 32.1. The monoisotopic (exact) mass is 279 g/mol. The van der Waals surface area contributed by atoms with Gasteiger partial charge in [-0.25, -0.2) is 5.01 Å². The zero-order chi connectivity index (χ0) is 14.2. The van der Waals surface area contributed by atoms with Gasteiger partial charge in [-0.1, -0.05) is 12.2 Å². The van der Waals surface area contributed by atoms with Crippen LogP contribution in [0.5, 0.6) is 0 Å². The minimum absolute atomic E-state index is 0.0762. The number of hydrogen-bond acceptors (Lipinski definition) is 4. The molecule has 0 aromatic heterocycles. The molecular formula is C12H15N4O2S+. The quantitative estimate of drug-likeness (QED) is 0.397. The highest BCUT2D eigenvalue weighted by Gasteiger charge is 2.36. The summed E-state index contributed by atoms with van der Waals surface area (Å²) in [7, 11) is 5.93. The maximum absolute atomic E-state index is 10.6. The van der Waals surface area contributed by atoms with Gasteiger partial charge in [0.2, 0.25) is 5.82 Å². The third-order valence-electron chi connectivity index (χ3n) is 3.27. The summed E-state index contributed by atoms with van der Waals surface area (Å²) in [6.45, 7) is 0. The van der Waals surface area contributed by atoms with Gasteiger partial charge in [0.05, 0.1) is 32.1 Å². The number of likely N-dealkylation sites (N-methyl/N-ethyl adjacent to an activating group) is 1. The molecule has 1 aromatic rings. The molecule has 0 unspecified atom stereocenters. The van der Waals surface area contributed by atoms with Gasteiger partial charge >= 0.3 is 0 Å². The first-order chi connectivity index (χ1) is 8.82. The van der Waals surface area contributed by atoms with E-state index >= 15 is 0 Å². The molecule has 0 aliphatic carbocycles. The van der Waals surface area contributed by atoms with Crippen molar-refractivity contribution in [2.75, 3.05) is 26.5 Å². The molecule has 1 aliphatic rings. The molecule has 19 heavy (non-hydrogen) atoms. The van der Waals surface area contributed by atoms with Gasteiger partial charge in [0, 0.05) is 17.8 Å². The number of non-ortho nitro benzene ring substituents is 1. The van der Waals surface area contributed by atoms with Crippen LogP contribution in [0.15, 0.2) is 36.2 Å². The number of nitrogens with one attached hydrogen (secondary N) is 1. The summed E-state index contributed by atoms with van der Waals surface area (Å²) in [5, 5.41) is 15.8. The van der Waals surface area contributed by atoms with Gasteiger partial charge in [-0.3, -0.25) is 10.1 Å². The van der Waals surface area contributed by atoms with E-state index in [2.05, 4.69) is 5.32 Å². The van der Waals surface area contributed by atoms with Crippen LogP contribution in [0.3, 0.4) is 0 Å². The van der Waals surface area contributed by atoms with E-state index < -0.39 is 4.92 Å². The molecule has 0 saturated heterocycles. The average Bonchev–Trinajstić information content (AvgIpc) is 2.54.